The number of carbonyl (C=O) groups is 1. The Morgan fingerprint density at radius 2 is 1.86 bits per heavy atom. The number of allylic oxidation sites excluding steroid dienone is 1. The summed E-state index contributed by atoms with van der Waals surface area (Å²) in [6.45, 7) is 3.91. The van der Waals surface area contributed by atoms with E-state index in [1.54, 1.807) is 18.2 Å². The third-order valence-electron chi connectivity index (χ3n) is 3.21. The number of phenols is 2. The predicted octanol–water partition coefficient (Wildman–Crippen LogP) is 2.76. The molecule has 0 fully saturated rings. The number of aromatic hydroxyl groups is 2. The Labute approximate surface area is 128 Å². The summed E-state index contributed by atoms with van der Waals surface area (Å²) in [5, 5.41) is 21.9. The molecule has 5 heteroatoms. The van der Waals surface area contributed by atoms with Gasteiger partial charge >= 0.3 is 0 Å². The summed E-state index contributed by atoms with van der Waals surface area (Å²) < 4.78 is 0. The minimum Gasteiger partial charge on any atom is -0.508 e. The van der Waals surface area contributed by atoms with Crippen LogP contribution in [0.2, 0.25) is 0 Å². The van der Waals surface area contributed by atoms with E-state index in [0.717, 1.165) is 5.56 Å². The third kappa shape index (κ3) is 4.02. The van der Waals surface area contributed by atoms with Gasteiger partial charge in [-0.25, -0.2) is 0 Å². The summed E-state index contributed by atoms with van der Waals surface area (Å²) >= 11 is 0. The van der Waals surface area contributed by atoms with Crippen molar-refractivity contribution in [3.63, 3.8) is 0 Å². The summed E-state index contributed by atoms with van der Waals surface area (Å²) in [7, 11) is 0. The van der Waals surface area contributed by atoms with E-state index in [1.807, 2.05) is 6.07 Å². The Hall–Kier alpha value is -2.95. The molecule has 0 unspecified atom stereocenters. The maximum absolute atomic E-state index is 11.4. The number of hydrogen-bond acceptors (Lipinski definition) is 4. The van der Waals surface area contributed by atoms with Gasteiger partial charge in [-0.15, -0.1) is 0 Å². The summed E-state index contributed by atoms with van der Waals surface area (Å²) in [6.07, 6.45) is 1.29. The number of carbonyl (C=O) groups excluding carboxylic acids is 1. The van der Waals surface area contributed by atoms with Crippen LogP contribution in [0.3, 0.4) is 0 Å². The monoisotopic (exact) mass is 298 g/mol. The van der Waals surface area contributed by atoms with E-state index < -0.39 is 5.91 Å². The standard InChI is InChI=1S/C17H18N2O3/c1-11(5-6-12-3-2-4-13(20)9-12)19-16-10-14(21)7-8-15(16)17(18)22/h2-4,7-10,19-21H,1,5-6H2,(H2,18,22). The fraction of sp³-hybridized carbons (Fsp3) is 0.118. The van der Waals surface area contributed by atoms with Gasteiger partial charge in [-0.05, 0) is 42.7 Å². The Bertz CT molecular complexity index is 711. The molecule has 0 aliphatic heterocycles. The highest BCUT2D eigenvalue weighted by Gasteiger charge is 2.09. The Kier molecular flexibility index (Phi) is 4.68. The second-order valence-corrected chi connectivity index (χ2v) is 4.99. The highest BCUT2D eigenvalue weighted by Crippen LogP contribution is 2.23. The van der Waals surface area contributed by atoms with Crippen molar-refractivity contribution >= 4 is 11.6 Å². The number of anilines is 1. The molecule has 2 aromatic carbocycles. The van der Waals surface area contributed by atoms with Crippen molar-refractivity contribution in [1.82, 2.24) is 0 Å². The number of nitrogens with one attached hydrogen (secondary N) is 1. The van der Waals surface area contributed by atoms with E-state index in [-0.39, 0.29) is 17.1 Å². The fourth-order valence-electron chi connectivity index (χ4n) is 2.11. The number of amides is 1. The Morgan fingerprint density at radius 3 is 2.55 bits per heavy atom. The Morgan fingerprint density at radius 1 is 1.14 bits per heavy atom. The number of phenolic OH excluding ortho intramolecular Hbond substituents is 2. The van der Waals surface area contributed by atoms with Gasteiger partial charge in [-0.3, -0.25) is 4.79 Å². The smallest absolute Gasteiger partial charge is 0.250 e. The molecule has 0 aromatic heterocycles. The van der Waals surface area contributed by atoms with Crippen molar-refractivity contribution in [2.45, 2.75) is 12.8 Å². The zero-order chi connectivity index (χ0) is 16.1. The van der Waals surface area contributed by atoms with Crippen LogP contribution in [-0.4, -0.2) is 16.1 Å². The lowest BCUT2D eigenvalue weighted by Crippen LogP contribution is -2.14. The van der Waals surface area contributed by atoms with Crippen molar-refractivity contribution in [2.24, 2.45) is 5.73 Å². The molecule has 0 aliphatic carbocycles. The van der Waals surface area contributed by atoms with E-state index in [1.165, 1.54) is 18.2 Å². The second kappa shape index (κ2) is 6.67. The van der Waals surface area contributed by atoms with Crippen LogP contribution in [0, 0.1) is 0 Å². The molecule has 0 spiro atoms. The number of hydrogen-bond donors (Lipinski definition) is 4. The SMILES string of the molecule is C=C(CCc1cccc(O)c1)Nc1cc(O)ccc1C(N)=O. The molecule has 0 aliphatic rings. The maximum Gasteiger partial charge on any atom is 0.250 e. The van der Waals surface area contributed by atoms with Gasteiger partial charge in [-0.2, -0.15) is 0 Å². The molecular weight excluding hydrogens is 280 g/mol. The van der Waals surface area contributed by atoms with Gasteiger partial charge in [0.1, 0.15) is 11.5 Å². The lowest BCUT2D eigenvalue weighted by atomic mass is 10.1. The molecule has 1 amide bonds. The third-order valence-corrected chi connectivity index (χ3v) is 3.21. The normalized spacial score (nSPS) is 10.2. The van der Waals surface area contributed by atoms with Gasteiger partial charge in [0, 0.05) is 11.8 Å². The number of nitrogens with two attached hydrogens (primary N) is 1. The lowest BCUT2D eigenvalue weighted by molar-refractivity contribution is 0.100. The topological polar surface area (TPSA) is 95.6 Å². The average molecular weight is 298 g/mol. The van der Waals surface area contributed by atoms with Crippen LogP contribution in [0.25, 0.3) is 0 Å². The summed E-state index contributed by atoms with van der Waals surface area (Å²) in [4.78, 5) is 11.4. The van der Waals surface area contributed by atoms with Crippen LogP contribution >= 0.6 is 0 Å². The highest BCUT2D eigenvalue weighted by molar-refractivity contribution is 5.99. The molecule has 0 saturated carbocycles. The first-order chi connectivity index (χ1) is 10.5. The number of primary amides is 1. The van der Waals surface area contributed by atoms with Gasteiger partial charge in [0.2, 0.25) is 0 Å². The van der Waals surface area contributed by atoms with Crippen molar-refractivity contribution in [2.75, 3.05) is 5.32 Å². The van der Waals surface area contributed by atoms with E-state index >= 15 is 0 Å². The fourth-order valence-corrected chi connectivity index (χ4v) is 2.11. The molecule has 22 heavy (non-hydrogen) atoms. The van der Waals surface area contributed by atoms with Crippen LogP contribution < -0.4 is 11.1 Å². The number of benzene rings is 2. The molecule has 5 N–H and O–H groups in total. The molecule has 0 bridgehead atoms. The van der Waals surface area contributed by atoms with Gasteiger partial charge < -0.3 is 21.3 Å². The van der Waals surface area contributed by atoms with Gasteiger partial charge in [0.15, 0.2) is 0 Å². The van der Waals surface area contributed by atoms with Gasteiger partial charge in [0.05, 0.1) is 11.3 Å². The second-order valence-electron chi connectivity index (χ2n) is 4.99. The van der Waals surface area contributed by atoms with E-state index in [0.29, 0.717) is 24.2 Å². The highest BCUT2D eigenvalue weighted by atomic mass is 16.3. The molecule has 114 valence electrons. The number of aryl methyl sites for hydroxylation is 1. The van der Waals surface area contributed by atoms with Crippen molar-refractivity contribution in [3.05, 3.63) is 65.9 Å². The molecule has 0 saturated heterocycles. The van der Waals surface area contributed by atoms with E-state index in [4.69, 9.17) is 5.73 Å². The van der Waals surface area contributed by atoms with Crippen LogP contribution in [0.5, 0.6) is 11.5 Å². The largest absolute Gasteiger partial charge is 0.508 e. The average Bonchev–Trinajstić information content (AvgIpc) is 2.45. The van der Waals surface area contributed by atoms with Gasteiger partial charge in [0.25, 0.3) is 5.91 Å². The predicted molar refractivity (Wildman–Crippen MR) is 85.8 cm³/mol. The zero-order valence-corrected chi connectivity index (χ0v) is 12.0. The summed E-state index contributed by atoms with van der Waals surface area (Å²) in [6, 6.07) is 11.3. The minimum atomic E-state index is -0.580. The first kappa shape index (κ1) is 15.4. The molecular formula is C17H18N2O3. The van der Waals surface area contributed by atoms with E-state index in [2.05, 4.69) is 11.9 Å². The van der Waals surface area contributed by atoms with Gasteiger partial charge in [-0.1, -0.05) is 18.7 Å². The quantitative estimate of drug-likeness (QED) is 0.659. The van der Waals surface area contributed by atoms with E-state index in [9.17, 15) is 15.0 Å². The van der Waals surface area contributed by atoms with Crippen molar-refractivity contribution in [1.29, 1.82) is 0 Å². The van der Waals surface area contributed by atoms with Crippen molar-refractivity contribution in [3.8, 4) is 11.5 Å². The van der Waals surface area contributed by atoms with Crippen LogP contribution in [0.15, 0.2) is 54.7 Å². The molecule has 5 nitrogen and oxygen atoms in total. The summed E-state index contributed by atoms with van der Waals surface area (Å²) in [5.41, 5.74) is 7.67. The molecule has 2 rings (SSSR count). The molecule has 0 radical (unpaired) electrons. The minimum absolute atomic E-state index is 0.0354. The molecule has 0 heterocycles. The maximum atomic E-state index is 11.4. The lowest BCUT2D eigenvalue weighted by Gasteiger charge is -2.13. The van der Waals surface area contributed by atoms with Crippen molar-refractivity contribution < 1.29 is 15.0 Å². The number of rotatable bonds is 6. The molecule has 2 aromatic rings. The van der Waals surface area contributed by atoms with Crippen LogP contribution in [0.1, 0.15) is 22.3 Å². The van der Waals surface area contributed by atoms with Crippen LogP contribution in [-0.2, 0) is 6.42 Å². The first-order valence-corrected chi connectivity index (χ1v) is 6.81. The summed E-state index contributed by atoms with van der Waals surface area (Å²) in [5.74, 6) is -0.323. The zero-order valence-electron chi connectivity index (χ0n) is 12.0. The molecule has 0 atom stereocenters. The van der Waals surface area contributed by atoms with Crippen LogP contribution in [0.4, 0.5) is 5.69 Å². The Balaban J connectivity index is 2.03. The first-order valence-electron chi connectivity index (χ1n) is 6.81.